The first-order valence-corrected chi connectivity index (χ1v) is 15.5. The number of para-hydroxylation sites is 1. The third-order valence-corrected chi connectivity index (χ3v) is 9.14. The zero-order valence-electron chi connectivity index (χ0n) is 24.7. The molecule has 0 saturated carbocycles. The third kappa shape index (κ3) is 4.24. The van der Waals surface area contributed by atoms with Gasteiger partial charge < -0.3 is 4.90 Å². The molecule has 1 nitrogen and oxygen atoms in total. The lowest BCUT2D eigenvalue weighted by Crippen LogP contribution is -2.14. The minimum Gasteiger partial charge on any atom is -0.309 e. The summed E-state index contributed by atoms with van der Waals surface area (Å²) >= 11 is 0. The van der Waals surface area contributed by atoms with Crippen LogP contribution in [0.2, 0.25) is 0 Å². The fraction of sp³-hybridized carbons (Fsp3) is 0. The molecule has 0 heterocycles. The Labute approximate surface area is 263 Å². The molecule has 0 bridgehead atoms. The van der Waals surface area contributed by atoms with Crippen molar-refractivity contribution < 1.29 is 0 Å². The molecule has 1 aliphatic rings. The molecule has 210 valence electrons. The molecule has 0 spiro atoms. The first-order valence-electron chi connectivity index (χ1n) is 15.5. The molecule has 0 radical (unpaired) electrons. The number of fused-ring (bicyclic) bond motifs is 6. The van der Waals surface area contributed by atoms with Crippen LogP contribution < -0.4 is 4.90 Å². The molecule has 0 fully saturated rings. The fourth-order valence-corrected chi connectivity index (χ4v) is 6.94. The summed E-state index contributed by atoms with van der Waals surface area (Å²) in [5.41, 5.74) is 13.7. The molecule has 1 aliphatic carbocycles. The van der Waals surface area contributed by atoms with E-state index < -0.39 is 0 Å². The number of hydrogen-bond donors (Lipinski definition) is 0. The number of rotatable bonds is 5. The smallest absolute Gasteiger partial charge is 0.0624 e. The summed E-state index contributed by atoms with van der Waals surface area (Å²) in [6.07, 6.45) is 0. The van der Waals surface area contributed by atoms with Gasteiger partial charge in [0.2, 0.25) is 0 Å². The molecule has 0 N–H and O–H groups in total. The van der Waals surface area contributed by atoms with Gasteiger partial charge >= 0.3 is 0 Å². The van der Waals surface area contributed by atoms with Crippen LogP contribution in [0.5, 0.6) is 0 Å². The fourth-order valence-electron chi connectivity index (χ4n) is 6.94. The summed E-state index contributed by atoms with van der Waals surface area (Å²) in [5.74, 6) is 0. The molecule has 0 amide bonds. The van der Waals surface area contributed by atoms with Gasteiger partial charge in [-0.05, 0) is 104 Å². The van der Waals surface area contributed by atoms with Crippen LogP contribution >= 0.6 is 0 Å². The Bertz CT molecular complexity index is 2340. The molecule has 9 rings (SSSR count). The Morgan fingerprint density at radius 2 is 0.844 bits per heavy atom. The molecule has 8 aromatic rings. The van der Waals surface area contributed by atoms with E-state index in [0.717, 1.165) is 11.4 Å². The molecule has 0 unspecified atom stereocenters. The lowest BCUT2D eigenvalue weighted by molar-refractivity contribution is 1.29. The first kappa shape index (κ1) is 25.6. The average molecular weight is 572 g/mol. The van der Waals surface area contributed by atoms with Crippen molar-refractivity contribution in [2.24, 2.45) is 0 Å². The van der Waals surface area contributed by atoms with Crippen molar-refractivity contribution >= 4 is 38.6 Å². The number of nitrogens with zero attached hydrogens (tertiary/aromatic N) is 1. The summed E-state index contributed by atoms with van der Waals surface area (Å²) in [6.45, 7) is 0. The summed E-state index contributed by atoms with van der Waals surface area (Å²) in [7, 11) is 0. The highest BCUT2D eigenvalue weighted by atomic mass is 15.1. The van der Waals surface area contributed by atoms with Crippen molar-refractivity contribution in [3.8, 4) is 44.5 Å². The maximum absolute atomic E-state index is 2.45. The van der Waals surface area contributed by atoms with Gasteiger partial charge in [-0.2, -0.15) is 0 Å². The maximum Gasteiger partial charge on any atom is 0.0624 e. The molecule has 1 heteroatoms. The molecule has 0 atom stereocenters. The van der Waals surface area contributed by atoms with Crippen LogP contribution in [-0.2, 0) is 0 Å². The SMILES string of the molecule is c1ccc(-c2ccc(N(c3ccccc3)c3c4c(cc5ccccc35)-c3cc5cc(-c6ccccc6)ccc5cc3-4)cc2)cc1. The lowest BCUT2D eigenvalue weighted by atomic mass is 9.76. The second kappa shape index (κ2) is 10.4. The van der Waals surface area contributed by atoms with Gasteiger partial charge in [0.1, 0.15) is 0 Å². The van der Waals surface area contributed by atoms with Crippen molar-refractivity contribution in [3.05, 3.63) is 176 Å². The van der Waals surface area contributed by atoms with Gasteiger partial charge in [0.15, 0.2) is 0 Å². The van der Waals surface area contributed by atoms with Gasteiger partial charge in [-0.25, -0.2) is 0 Å². The van der Waals surface area contributed by atoms with E-state index in [-0.39, 0.29) is 0 Å². The zero-order valence-corrected chi connectivity index (χ0v) is 24.7. The quantitative estimate of drug-likeness (QED) is 0.199. The Morgan fingerprint density at radius 3 is 1.58 bits per heavy atom. The van der Waals surface area contributed by atoms with Crippen molar-refractivity contribution in [2.75, 3.05) is 4.90 Å². The van der Waals surface area contributed by atoms with E-state index in [1.807, 2.05) is 0 Å². The van der Waals surface area contributed by atoms with Gasteiger partial charge in [-0.15, -0.1) is 0 Å². The van der Waals surface area contributed by atoms with Crippen LogP contribution in [0.4, 0.5) is 17.1 Å². The van der Waals surface area contributed by atoms with E-state index in [4.69, 9.17) is 0 Å². The molecular formula is C44H29N. The topological polar surface area (TPSA) is 3.24 Å². The molecule has 8 aromatic carbocycles. The summed E-state index contributed by atoms with van der Waals surface area (Å²) in [6, 6.07) is 63.8. The molecule has 0 aromatic heterocycles. The van der Waals surface area contributed by atoms with Crippen LogP contribution in [0, 0.1) is 0 Å². The van der Waals surface area contributed by atoms with E-state index in [9.17, 15) is 0 Å². The lowest BCUT2D eigenvalue weighted by Gasteiger charge is -2.35. The Balaban J connectivity index is 1.25. The zero-order chi connectivity index (χ0) is 29.7. The average Bonchev–Trinajstić information content (AvgIpc) is 3.12. The predicted octanol–water partition coefficient (Wildman–Crippen LogP) is 12.4. The van der Waals surface area contributed by atoms with E-state index in [0.29, 0.717) is 0 Å². The Kier molecular flexibility index (Phi) is 5.89. The van der Waals surface area contributed by atoms with Crippen molar-refractivity contribution in [2.45, 2.75) is 0 Å². The van der Waals surface area contributed by atoms with Crippen LogP contribution in [-0.4, -0.2) is 0 Å². The van der Waals surface area contributed by atoms with E-state index in [1.54, 1.807) is 0 Å². The standard InChI is InChI=1S/C44H29N/c1-4-12-30(13-5-1)32-22-24-38(25-23-32)45(37-17-8-3-9-18-37)44-39-19-11-10-16-35(39)28-42-40-29-36-26-33(31-14-6-2-7-15-31)20-21-34(36)27-41(40)43(42)44/h1-29H. The Hall–Kier alpha value is -5.92. The highest BCUT2D eigenvalue weighted by Gasteiger charge is 2.31. The molecule has 0 saturated heterocycles. The molecule has 0 aliphatic heterocycles. The van der Waals surface area contributed by atoms with Crippen molar-refractivity contribution in [3.63, 3.8) is 0 Å². The van der Waals surface area contributed by atoms with Gasteiger partial charge in [0.25, 0.3) is 0 Å². The summed E-state index contributed by atoms with van der Waals surface area (Å²) < 4.78 is 0. The van der Waals surface area contributed by atoms with Gasteiger partial charge in [-0.1, -0.05) is 127 Å². The second-order valence-corrected chi connectivity index (χ2v) is 11.8. The normalized spacial score (nSPS) is 11.6. The van der Waals surface area contributed by atoms with Crippen molar-refractivity contribution in [1.82, 2.24) is 0 Å². The minimum atomic E-state index is 1.14. The predicted molar refractivity (Wildman–Crippen MR) is 191 cm³/mol. The highest BCUT2D eigenvalue weighted by molar-refractivity contribution is 6.20. The molecular weight excluding hydrogens is 542 g/mol. The first-order chi connectivity index (χ1) is 22.3. The van der Waals surface area contributed by atoms with E-state index in [1.165, 1.54) is 71.7 Å². The summed E-state index contributed by atoms with van der Waals surface area (Å²) in [4.78, 5) is 2.45. The number of anilines is 3. The number of benzene rings is 8. The van der Waals surface area contributed by atoms with E-state index in [2.05, 4.69) is 181 Å². The number of hydrogen-bond acceptors (Lipinski definition) is 1. The van der Waals surface area contributed by atoms with Gasteiger partial charge in [0.05, 0.1) is 5.69 Å². The Morgan fingerprint density at radius 1 is 0.311 bits per heavy atom. The summed E-state index contributed by atoms with van der Waals surface area (Å²) in [5, 5.41) is 5.03. The minimum absolute atomic E-state index is 1.14. The van der Waals surface area contributed by atoms with Crippen LogP contribution in [0.3, 0.4) is 0 Å². The molecule has 45 heavy (non-hydrogen) atoms. The second-order valence-electron chi connectivity index (χ2n) is 11.8. The van der Waals surface area contributed by atoms with Crippen LogP contribution in [0.15, 0.2) is 176 Å². The van der Waals surface area contributed by atoms with Crippen molar-refractivity contribution in [1.29, 1.82) is 0 Å². The third-order valence-electron chi connectivity index (χ3n) is 9.14. The van der Waals surface area contributed by atoms with Crippen LogP contribution in [0.1, 0.15) is 0 Å². The largest absolute Gasteiger partial charge is 0.309 e. The van der Waals surface area contributed by atoms with Gasteiger partial charge in [0, 0.05) is 22.3 Å². The highest BCUT2D eigenvalue weighted by Crippen LogP contribution is 2.58. The van der Waals surface area contributed by atoms with Crippen LogP contribution in [0.25, 0.3) is 66.1 Å². The van der Waals surface area contributed by atoms with Gasteiger partial charge in [-0.3, -0.25) is 0 Å². The van der Waals surface area contributed by atoms with E-state index >= 15 is 0 Å². The monoisotopic (exact) mass is 571 g/mol. The maximum atomic E-state index is 2.45.